The molecule has 0 amide bonds. The van der Waals surface area contributed by atoms with Crippen molar-refractivity contribution >= 4 is 21.8 Å². The lowest BCUT2D eigenvalue weighted by atomic mass is 9.82. The Morgan fingerprint density at radius 1 is 0.792 bits per heavy atom. The second kappa shape index (κ2) is 4.41. The Bertz CT molecular complexity index is 1120. The molecular weight excluding hydrogens is 294 g/mol. The van der Waals surface area contributed by atoms with Crippen molar-refractivity contribution in [2.75, 3.05) is 7.11 Å². The maximum absolute atomic E-state index is 5.36. The van der Waals surface area contributed by atoms with Crippen LogP contribution in [0, 0.1) is 0 Å². The van der Waals surface area contributed by atoms with Crippen LogP contribution in [0.4, 0.5) is 0 Å². The Balaban J connectivity index is 1.88. The Morgan fingerprint density at radius 3 is 2.42 bits per heavy atom. The fourth-order valence-electron chi connectivity index (χ4n) is 4.21. The summed E-state index contributed by atoms with van der Waals surface area (Å²) in [6.45, 7) is 4.63. The number of H-pyrrole nitrogens is 1. The summed E-state index contributed by atoms with van der Waals surface area (Å²) < 4.78 is 5.36. The van der Waals surface area contributed by atoms with Gasteiger partial charge in [-0.3, -0.25) is 0 Å². The van der Waals surface area contributed by atoms with E-state index < -0.39 is 0 Å². The molecule has 1 heterocycles. The van der Waals surface area contributed by atoms with Crippen molar-refractivity contribution in [2.45, 2.75) is 19.3 Å². The van der Waals surface area contributed by atoms with E-state index in [4.69, 9.17) is 4.74 Å². The van der Waals surface area contributed by atoms with Gasteiger partial charge in [0.05, 0.1) is 12.6 Å². The number of rotatable bonds is 1. The summed E-state index contributed by atoms with van der Waals surface area (Å²) in [7, 11) is 1.71. The first-order valence-electron chi connectivity index (χ1n) is 8.33. The molecule has 5 rings (SSSR count). The molecule has 24 heavy (non-hydrogen) atoms. The molecule has 0 saturated carbocycles. The normalized spacial score (nSPS) is 14.8. The molecule has 1 aliphatic rings. The third-order valence-electron chi connectivity index (χ3n) is 5.51. The van der Waals surface area contributed by atoms with Crippen molar-refractivity contribution in [2.24, 2.45) is 0 Å². The third kappa shape index (κ3) is 1.60. The van der Waals surface area contributed by atoms with E-state index in [9.17, 15) is 0 Å². The number of benzene rings is 3. The Kier molecular flexibility index (Phi) is 2.52. The van der Waals surface area contributed by atoms with Crippen molar-refractivity contribution in [3.8, 4) is 16.9 Å². The molecule has 0 saturated heterocycles. The van der Waals surface area contributed by atoms with Gasteiger partial charge in [0.1, 0.15) is 5.75 Å². The summed E-state index contributed by atoms with van der Waals surface area (Å²) in [5.41, 5.74) is 7.89. The minimum Gasteiger partial charge on any atom is -0.497 e. The summed E-state index contributed by atoms with van der Waals surface area (Å²) in [4.78, 5) is 3.57. The molecule has 0 aliphatic heterocycles. The van der Waals surface area contributed by atoms with Crippen molar-refractivity contribution in [1.82, 2.24) is 4.98 Å². The third-order valence-corrected chi connectivity index (χ3v) is 5.51. The second-order valence-electron chi connectivity index (χ2n) is 7.15. The molecule has 2 nitrogen and oxygen atoms in total. The zero-order valence-corrected chi connectivity index (χ0v) is 14.1. The highest BCUT2D eigenvalue weighted by molar-refractivity contribution is 6.10. The summed E-state index contributed by atoms with van der Waals surface area (Å²) in [5, 5.41) is 2.52. The first-order valence-corrected chi connectivity index (χ1v) is 8.33. The van der Waals surface area contributed by atoms with E-state index in [-0.39, 0.29) is 5.41 Å². The molecule has 0 spiro atoms. The highest BCUT2D eigenvalue weighted by Gasteiger charge is 2.35. The van der Waals surface area contributed by atoms with Gasteiger partial charge in [-0.05, 0) is 46.5 Å². The number of aromatic amines is 1. The van der Waals surface area contributed by atoms with Crippen molar-refractivity contribution < 1.29 is 4.74 Å². The molecule has 0 unspecified atom stereocenters. The van der Waals surface area contributed by atoms with Gasteiger partial charge in [0.2, 0.25) is 0 Å². The topological polar surface area (TPSA) is 25.0 Å². The van der Waals surface area contributed by atoms with Gasteiger partial charge >= 0.3 is 0 Å². The standard InChI is InChI=1S/C22H19NO/c1-22(2)18-7-5-4-6-14(18)16-11-17-15-9-8-13(24-3)10-20(15)23-21(17)12-19(16)22/h4-12,23H,1-3H3. The number of nitrogens with one attached hydrogen (secondary N) is 1. The summed E-state index contributed by atoms with van der Waals surface area (Å²) >= 11 is 0. The lowest BCUT2D eigenvalue weighted by molar-refractivity contribution is 0.415. The largest absolute Gasteiger partial charge is 0.497 e. The molecule has 1 N–H and O–H groups in total. The fraction of sp³-hybridized carbons (Fsp3) is 0.182. The van der Waals surface area contributed by atoms with Gasteiger partial charge in [-0.25, -0.2) is 0 Å². The van der Waals surface area contributed by atoms with Gasteiger partial charge < -0.3 is 9.72 Å². The van der Waals surface area contributed by atoms with Crippen molar-refractivity contribution in [3.05, 3.63) is 65.7 Å². The highest BCUT2D eigenvalue weighted by atomic mass is 16.5. The maximum Gasteiger partial charge on any atom is 0.120 e. The molecule has 0 fully saturated rings. The van der Waals surface area contributed by atoms with Gasteiger partial charge in [0.15, 0.2) is 0 Å². The van der Waals surface area contributed by atoms with Crippen LogP contribution >= 0.6 is 0 Å². The molecule has 4 aromatic rings. The van der Waals surface area contributed by atoms with Crippen molar-refractivity contribution in [3.63, 3.8) is 0 Å². The molecule has 1 aliphatic carbocycles. The molecule has 0 atom stereocenters. The maximum atomic E-state index is 5.36. The number of fused-ring (bicyclic) bond motifs is 6. The van der Waals surface area contributed by atoms with E-state index in [1.165, 1.54) is 38.5 Å². The van der Waals surface area contributed by atoms with Crippen LogP contribution in [-0.4, -0.2) is 12.1 Å². The van der Waals surface area contributed by atoms with Crippen LogP contribution < -0.4 is 4.74 Å². The van der Waals surface area contributed by atoms with Crippen molar-refractivity contribution in [1.29, 1.82) is 0 Å². The van der Waals surface area contributed by atoms with Crippen LogP contribution in [0.25, 0.3) is 32.9 Å². The predicted octanol–water partition coefficient (Wildman–Crippen LogP) is 5.64. The molecule has 3 aromatic carbocycles. The Labute approximate surface area is 141 Å². The average Bonchev–Trinajstić information content (AvgIpc) is 3.06. The van der Waals surface area contributed by atoms with E-state index >= 15 is 0 Å². The van der Waals surface area contributed by atoms with Gasteiger partial charge in [-0.2, -0.15) is 0 Å². The van der Waals surface area contributed by atoms with Crippen LogP contribution in [0.5, 0.6) is 5.75 Å². The van der Waals surface area contributed by atoms with Crippen LogP contribution in [0.2, 0.25) is 0 Å². The highest BCUT2D eigenvalue weighted by Crippen LogP contribution is 2.50. The smallest absolute Gasteiger partial charge is 0.120 e. The van der Waals surface area contributed by atoms with Gasteiger partial charge in [-0.1, -0.05) is 38.1 Å². The number of methoxy groups -OCH3 is 1. The van der Waals surface area contributed by atoms with E-state index in [1.807, 2.05) is 6.07 Å². The lowest BCUT2D eigenvalue weighted by Gasteiger charge is -2.21. The van der Waals surface area contributed by atoms with Gasteiger partial charge in [0.25, 0.3) is 0 Å². The second-order valence-corrected chi connectivity index (χ2v) is 7.15. The number of aromatic nitrogens is 1. The zero-order chi connectivity index (χ0) is 16.5. The SMILES string of the molecule is COc1ccc2c(c1)[nH]c1cc3c(cc12)-c1ccccc1C3(C)C. The van der Waals surface area contributed by atoms with Crippen LogP contribution in [0.15, 0.2) is 54.6 Å². The molecule has 0 radical (unpaired) electrons. The van der Waals surface area contributed by atoms with Crippen LogP contribution in [-0.2, 0) is 5.41 Å². The summed E-state index contributed by atoms with van der Waals surface area (Å²) in [5.74, 6) is 0.882. The average molecular weight is 313 g/mol. The molecule has 0 bridgehead atoms. The van der Waals surface area contributed by atoms with Crippen LogP contribution in [0.1, 0.15) is 25.0 Å². The van der Waals surface area contributed by atoms with E-state index in [0.717, 1.165) is 11.3 Å². The number of hydrogen-bond donors (Lipinski definition) is 1. The quantitative estimate of drug-likeness (QED) is 0.483. The van der Waals surface area contributed by atoms with E-state index in [2.05, 4.69) is 67.4 Å². The first kappa shape index (κ1) is 13.7. The molecule has 1 aromatic heterocycles. The van der Waals surface area contributed by atoms with Crippen LogP contribution in [0.3, 0.4) is 0 Å². The number of hydrogen-bond acceptors (Lipinski definition) is 1. The first-order chi connectivity index (χ1) is 11.6. The molecule has 2 heteroatoms. The minimum absolute atomic E-state index is 0.0368. The number of ether oxygens (including phenoxy) is 1. The summed E-state index contributed by atoms with van der Waals surface area (Å²) in [6, 6.07) is 19.7. The van der Waals surface area contributed by atoms with Gasteiger partial charge in [-0.15, -0.1) is 0 Å². The van der Waals surface area contributed by atoms with E-state index in [1.54, 1.807) is 7.11 Å². The minimum atomic E-state index is 0.0368. The Morgan fingerprint density at radius 2 is 1.58 bits per heavy atom. The monoisotopic (exact) mass is 313 g/mol. The van der Waals surface area contributed by atoms with E-state index in [0.29, 0.717) is 0 Å². The molecule has 118 valence electrons. The zero-order valence-electron chi connectivity index (χ0n) is 14.1. The van der Waals surface area contributed by atoms with Gasteiger partial charge in [0, 0.05) is 27.8 Å². The lowest BCUT2D eigenvalue weighted by Crippen LogP contribution is -2.14. The predicted molar refractivity (Wildman–Crippen MR) is 99.9 cm³/mol. The summed E-state index contributed by atoms with van der Waals surface area (Å²) in [6.07, 6.45) is 0. The fourth-order valence-corrected chi connectivity index (χ4v) is 4.21. The Hall–Kier alpha value is -2.74. The molecular formula is C22H19NO.